The Morgan fingerprint density at radius 3 is 3.12 bits per heavy atom. The predicted octanol–water partition coefficient (Wildman–Crippen LogP) is 1.33. The largest absolute Gasteiger partial charge is 0.309 e. The van der Waals surface area contributed by atoms with E-state index in [2.05, 4.69) is 10.3 Å². The summed E-state index contributed by atoms with van der Waals surface area (Å²) in [6.07, 6.45) is 4.42. The Kier molecular flexibility index (Phi) is 3.68. The summed E-state index contributed by atoms with van der Waals surface area (Å²) in [4.78, 5) is 17.5. The molecule has 1 fully saturated rings. The van der Waals surface area contributed by atoms with Crippen LogP contribution in [-0.4, -0.2) is 30.0 Å². The van der Waals surface area contributed by atoms with Crippen molar-refractivity contribution >= 4 is 11.6 Å². The lowest BCUT2D eigenvalue weighted by Crippen LogP contribution is -2.50. The summed E-state index contributed by atoms with van der Waals surface area (Å²) in [7, 11) is 0. The Balaban J connectivity index is 2.17. The van der Waals surface area contributed by atoms with E-state index in [1.165, 1.54) is 12.3 Å². The molecule has 1 aromatic heterocycles. The van der Waals surface area contributed by atoms with Gasteiger partial charge in [-0.15, -0.1) is 0 Å². The maximum Gasteiger partial charge on any atom is 0.244 e. The number of pyridine rings is 1. The smallest absolute Gasteiger partial charge is 0.244 e. The molecule has 5 heteroatoms. The molecule has 4 nitrogen and oxygen atoms in total. The number of piperidine rings is 1. The third-order valence-corrected chi connectivity index (χ3v) is 2.89. The summed E-state index contributed by atoms with van der Waals surface area (Å²) in [6.45, 7) is 3.35. The van der Waals surface area contributed by atoms with Crippen molar-refractivity contribution in [2.75, 3.05) is 18.0 Å². The van der Waals surface area contributed by atoms with E-state index in [1.807, 2.05) is 6.92 Å². The van der Waals surface area contributed by atoms with Gasteiger partial charge >= 0.3 is 0 Å². The van der Waals surface area contributed by atoms with E-state index in [0.29, 0.717) is 12.2 Å². The molecule has 1 aliphatic heterocycles. The Bertz CT molecular complexity index is 408. The first-order valence-electron chi connectivity index (χ1n) is 5.87. The molecule has 1 atom stereocenters. The Labute approximate surface area is 99.8 Å². The Hall–Kier alpha value is -1.49. The SMILES string of the molecule is CCNC1CCCN(c2cncc(F)c2)C1=O. The average molecular weight is 237 g/mol. The van der Waals surface area contributed by atoms with Gasteiger partial charge in [-0.3, -0.25) is 9.78 Å². The number of amides is 1. The standard InChI is InChI=1S/C12H16FN3O/c1-2-15-11-4-3-5-16(12(11)17)10-6-9(13)7-14-8-10/h6-8,11,15H,2-5H2,1H3. The molecule has 2 rings (SSSR count). The lowest BCUT2D eigenvalue weighted by molar-refractivity contribution is -0.121. The van der Waals surface area contributed by atoms with Crippen LogP contribution in [0.3, 0.4) is 0 Å². The first kappa shape index (κ1) is 12.0. The van der Waals surface area contributed by atoms with E-state index in [0.717, 1.165) is 25.6 Å². The van der Waals surface area contributed by atoms with Crippen LogP contribution in [-0.2, 0) is 4.79 Å². The number of nitrogens with zero attached hydrogens (tertiary/aromatic N) is 2. The Morgan fingerprint density at radius 1 is 1.59 bits per heavy atom. The van der Waals surface area contributed by atoms with Crippen LogP contribution in [0.2, 0.25) is 0 Å². The normalized spacial score (nSPS) is 20.7. The molecule has 1 saturated heterocycles. The lowest BCUT2D eigenvalue weighted by atomic mass is 10.0. The fourth-order valence-corrected chi connectivity index (χ4v) is 2.12. The van der Waals surface area contributed by atoms with Crippen LogP contribution in [0.4, 0.5) is 10.1 Å². The number of halogens is 1. The van der Waals surface area contributed by atoms with Crippen molar-refractivity contribution in [2.24, 2.45) is 0 Å². The lowest BCUT2D eigenvalue weighted by Gasteiger charge is -2.32. The van der Waals surface area contributed by atoms with E-state index in [9.17, 15) is 9.18 Å². The van der Waals surface area contributed by atoms with Crippen LogP contribution < -0.4 is 10.2 Å². The van der Waals surface area contributed by atoms with Crippen LogP contribution in [0.25, 0.3) is 0 Å². The zero-order valence-corrected chi connectivity index (χ0v) is 9.82. The van der Waals surface area contributed by atoms with E-state index in [1.54, 1.807) is 4.90 Å². The van der Waals surface area contributed by atoms with Crippen LogP contribution in [0.1, 0.15) is 19.8 Å². The molecule has 1 aliphatic rings. The molecule has 1 unspecified atom stereocenters. The molecule has 92 valence electrons. The molecule has 1 aromatic rings. The van der Waals surface area contributed by atoms with Gasteiger partial charge in [-0.1, -0.05) is 6.92 Å². The average Bonchev–Trinajstić information content (AvgIpc) is 2.32. The van der Waals surface area contributed by atoms with Gasteiger partial charge in [0.2, 0.25) is 5.91 Å². The fourth-order valence-electron chi connectivity index (χ4n) is 2.12. The number of carbonyl (C=O) groups is 1. The van der Waals surface area contributed by atoms with Gasteiger partial charge in [0, 0.05) is 12.6 Å². The molecule has 0 aliphatic carbocycles. The third-order valence-electron chi connectivity index (χ3n) is 2.89. The maximum absolute atomic E-state index is 13.1. The number of likely N-dealkylation sites (N-methyl/N-ethyl adjacent to an activating group) is 1. The number of aromatic nitrogens is 1. The van der Waals surface area contributed by atoms with Crippen molar-refractivity contribution in [1.29, 1.82) is 0 Å². The van der Waals surface area contributed by atoms with Gasteiger partial charge < -0.3 is 10.2 Å². The van der Waals surface area contributed by atoms with E-state index >= 15 is 0 Å². The van der Waals surface area contributed by atoms with Gasteiger partial charge in [0.25, 0.3) is 0 Å². The van der Waals surface area contributed by atoms with Gasteiger partial charge in [-0.05, 0) is 19.4 Å². The summed E-state index contributed by atoms with van der Waals surface area (Å²) >= 11 is 0. The highest BCUT2D eigenvalue weighted by atomic mass is 19.1. The highest BCUT2D eigenvalue weighted by Gasteiger charge is 2.29. The third kappa shape index (κ3) is 2.61. The first-order chi connectivity index (χ1) is 8.22. The molecule has 0 aromatic carbocycles. The number of carbonyl (C=O) groups excluding carboxylic acids is 1. The van der Waals surface area contributed by atoms with Crippen molar-refractivity contribution in [2.45, 2.75) is 25.8 Å². The molecule has 1 amide bonds. The summed E-state index contributed by atoms with van der Waals surface area (Å²) in [5.74, 6) is -0.411. The minimum atomic E-state index is -0.416. The van der Waals surface area contributed by atoms with Crippen LogP contribution in [0.15, 0.2) is 18.5 Å². The second-order valence-electron chi connectivity index (χ2n) is 4.10. The number of rotatable bonds is 3. The number of hydrogen-bond donors (Lipinski definition) is 1. The highest BCUT2D eigenvalue weighted by Crippen LogP contribution is 2.20. The van der Waals surface area contributed by atoms with Crippen LogP contribution >= 0.6 is 0 Å². The molecule has 0 bridgehead atoms. The topological polar surface area (TPSA) is 45.2 Å². The summed E-state index contributed by atoms with van der Waals surface area (Å²) < 4.78 is 13.1. The van der Waals surface area contributed by atoms with Crippen molar-refractivity contribution in [3.05, 3.63) is 24.3 Å². The van der Waals surface area contributed by atoms with Crippen LogP contribution in [0.5, 0.6) is 0 Å². The van der Waals surface area contributed by atoms with Gasteiger partial charge in [0.05, 0.1) is 24.1 Å². The van der Waals surface area contributed by atoms with Crippen molar-refractivity contribution in [3.8, 4) is 0 Å². The summed E-state index contributed by atoms with van der Waals surface area (Å²) in [6, 6.07) is 1.19. The molecule has 1 N–H and O–H groups in total. The highest BCUT2D eigenvalue weighted by molar-refractivity contribution is 5.97. The predicted molar refractivity (Wildman–Crippen MR) is 63.2 cm³/mol. The monoisotopic (exact) mass is 237 g/mol. The molecule has 2 heterocycles. The van der Waals surface area contributed by atoms with Crippen LogP contribution in [0, 0.1) is 5.82 Å². The molecule has 0 spiro atoms. The molecule has 17 heavy (non-hydrogen) atoms. The van der Waals surface area contributed by atoms with E-state index < -0.39 is 5.82 Å². The number of nitrogens with one attached hydrogen (secondary N) is 1. The quantitative estimate of drug-likeness (QED) is 0.862. The maximum atomic E-state index is 13.1. The zero-order valence-electron chi connectivity index (χ0n) is 9.82. The van der Waals surface area contributed by atoms with Gasteiger partial charge in [-0.2, -0.15) is 0 Å². The van der Waals surface area contributed by atoms with Crippen molar-refractivity contribution in [3.63, 3.8) is 0 Å². The van der Waals surface area contributed by atoms with Gasteiger partial charge in [0.15, 0.2) is 0 Å². The Morgan fingerprint density at radius 2 is 2.41 bits per heavy atom. The molecular weight excluding hydrogens is 221 g/mol. The first-order valence-corrected chi connectivity index (χ1v) is 5.87. The van der Waals surface area contributed by atoms with Gasteiger partial charge in [0.1, 0.15) is 5.82 Å². The number of hydrogen-bond acceptors (Lipinski definition) is 3. The fraction of sp³-hybridized carbons (Fsp3) is 0.500. The van der Waals surface area contributed by atoms with E-state index in [-0.39, 0.29) is 11.9 Å². The summed E-state index contributed by atoms with van der Waals surface area (Å²) in [5.41, 5.74) is 0.539. The zero-order chi connectivity index (χ0) is 12.3. The van der Waals surface area contributed by atoms with E-state index in [4.69, 9.17) is 0 Å². The van der Waals surface area contributed by atoms with Crippen molar-refractivity contribution < 1.29 is 9.18 Å². The van der Waals surface area contributed by atoms with Gasteiger partial charge in [-0.25, -0.2) is 4.39 Å². The molecule has 0 radical (unpaired) electrons. The summed E-state index contributed by atoms with van der Waals surface area (Å²) in [5, 5.41) is 3.14. The van der Waals surface area contributed by atoms with Crippen molar-refractivity contribution in [1.82, 2.24) is 10.3 Å². The number of anilines is 1. The minimum absolute atomic E-state index is 0.00509. The molecular formula is C12H16FN3O. The minimum Gasteiger partial charge on any atom is -0.309 e. The molecule has 0 saturated carbocycles. The second kappa shape index (κ2) is 5.23. The second-order valence-corrected chi connectivity index (χ2v) is 4.10.